The smallest absolute Gasteiger partial charge is 0.224 e. The van der Waals surface area contributed by atoms with E-state index in [0.717, 1.165) is 5.69 Å². The number of aromatic hydroxyl groups is 1. The van der Waals surface area contributed by atoms with Crippen LogP contribution in [0.2, 0.25) is 0 Å². The van der Waals surface area contributed by atoms with E-state index in [4.69, 9.17) is 0 Å². The summed E-state index contributed by atoms with van der Waals surface area (Å²) in [4.78, 5) is 11.3. The fourth-order valence-electron chi connectivity index (χ4n) is 1.72. The van der Waals surface area contributed by atoms with E-state index in [9.17, 15) is 9.90 Å². The van der Waals surface area contributed by atoms with Crippen molar-refractivity contribution in [2.75, 3.05) is 5.32 Å². The third kappa shape index (κ3) is 2.64. The maximum absolute atomic E-state index is 11.3. The molecule has 5 nitrogen and oxygen atoms in total. The molecule has 4 N–H and O–H groups in total. The molecular formula is C11H15N3O2. The van der Waals surface area contributed by atoms with Crippen LogP contribution >= 0.6 is 0 Å². The second-order valence-corrected chi connectivity index (χ2v) is 3.97. The second-order valence-electron chi connectivity index (χ2n) is 3.97. The van der Waals surface area contributed by atoms with Crippen molar-refractivity contribution in [3.05, 3.63) is 24.3 Å². The maximum atomic E-state index is 11.3. The zero-order valence-electron chi connectivity index (χ0n) is 9.03. The molecule has 0 aliphatic carbocycles. The third-order valence-corrected chi connectivity index (χ3v) is 2.41. The molecule has 0 aromatic heterocycles. The van der Waals surface area contributed by atoms with Crippen LogP contribution in [0.3, 0.4) is 0 Å². The van der Waals surface area contributed by atoms with Gasteiger partial charge in [-0.1, -0.05) is 6.07 Å². The lowest BCUT2D eigenvalue weighted by Gasteiger charge is -2.30. The summed E-state index contributed by atoms with van der Waals surface area (Å²) in [6.07, 6.45) is 0.191. The number of carbonyl (C=O) groups excluding carboxylic acids is 1. The lowest BCUT2D eigenvalue weighted by atomic mass is 10.2. The number of nitrogens with one attached hydrogen (secondary N) is 3. The Morgan fingerprint density at radius 2 is 2.31 bits per heavy atom. The van der Waals surface area contributed by atoms with Crippen LogP contribution in [-0.2, 0) is 4.79 Å². The Morgan fingerprint density at radius 3 is 3.00 bits per heavy atom. The van der Waals surface area contributed by atoms with Crippen molar-refractivity contribution >= 4 is 11.6 Å². The number of rotatable bonds is 2. The van der Waals surface area contributed by atoms with E-state index in [2.05, 4.69) is 16.0 Å². The maximum Gasteiger partial charge on any atom is 0.224 e. The predicted octanol–water partition coefficient (Wildman–Crippen LogP) is 0.586. The average Bonchev–Trinajstić information content (AvgIpc) is 2.15. The van der Waals surface area contributed by atoms with E-state index in [0.29, 0.717) is 6.42 Å². The van der Waals surface area contributed by atoms with Gasteiger partial charge >= 0.3 is 0 Å². The topological polar surface area (TPSA) is 73.4 Å². The van der Waals surface area contributed by atoms with Crippen molar-refractivity contribution in [1.82, 2.24) is 10.6 Å². The lowest BCUT2D eigenvalue weighted by Crippen LogP contribution is -2.59. The molecule has 0 bridgehead atoms. The molecule has 2 atom stereocenters. The molecule has 2 rings (SSSR count). The minimum absolute atomic E-state index is 0.0175. The summed E-state index contributed by atoms with van der Waals surface area (Å²) in [6, 6.07) is 6.91. The Bertz CT molecular complexity index is 395. The van der Waals surface area contributed by atoms with E-state index in [-0.39, 0.29) is 24.0 Å². The summed E-state index contributed by atoms with van der Waals surface area (Å²) in [6.45, 7) is 1.95. The summed E-state index contributed by atoms with van der Waals surface area (Å²) in [5, 5.41) is 18.3. The van der Waals surface area contributed by atoms with E-state index in [1.807, 2.05) is 13.0 Å². The summed E-state index contributed by atoms with van der Waals surface area (Å²) in [5.41, 5.74) is 0.756. The molecule has 1 fully saturated rings. The van der Waals surface area contributed by atoms with E-state index < -0.39 is 0 Å². The van der Waals surface area contributed by atoms with Crippen LogP contribution in [-0.4, -0.2) is 23.3 Å². The third-order valence-electron chi connectivity index (χ3n) is 2.41. The van der Waals surface area contributed by atoms with Crippen molar-refractivity contribution in [1.29, 1.82) is 0 Å². The van der Waals surface area contributed by atoms with Gasteiger partial charge in [-0.05, 0) is 19.1 Å². The van der Waals surface area contributed by atoms with Gasteiger partial charge in [-0.3, -0.25) is 10.1 Å². The van der Waals surface area contributed by atoms with Crippen molar-refractivity contribution < 1.29 is 9.90 Å². The molecule has 0 radical (unpaired) electrons. The largest absolute Gasteiger partial charge is 0.508 e. The molecule has 1 aromatic carbocycles. The second kappa shape index (κ2) is 4.40. The normalized spacial score (nSPS) is 24.9. The lowest BCUT2D eigenvalue weighted by molar-refractivity contribution is -0.123. The number of hydrogen-bond acceptors (Lipinski definition) is 4. The molecule has 1 aliphatic rings. The van der Waals surface area contributed by atoms with Crippen LogP contribution < -0.4 is 16.0 Å². The number of anilines is 1. The van der Waals surface area contributed by atoms with Gasteiger partial charge in [0.2, 0.25) is 5.91 Å². The van der Waals surface area contributed by atoms with Gasteiger partial charge in [-0.2, -0.15) is 0 Å². The Kier molecular flexibility index (Phi) is 2.96. The Labute approximate surface area is 93.9 Å². The highest BCUT2D eigenvalue weighted by molar-refractivity contribution is 5.78. The summed E-state index contributed by atoms with van der Waals surface area (Å²) < 4.78 is 0. The Hall–Kier alpha value is -1.75. The van der Waals surface area contributed by atoms with Gasteiger partial charge in [0.15, 0.2) is 6.29 Å². The first-order valence-electron chi connectivity index (χ1n) is 5.24. The first-order valence-corrected chi connectivity index (χ1v) is 5.24. The number of amides is 1. The molecular weight excluding hydrogens is 206 g/mol. The minimum Gasteiger partial charge on any atom is -0.508 e. The van der Waals surface area contributed by atoms with Gasteiger partial charge in [-0.15, -0.1) is 0 Å². The molecule has 0 spiro atoms. The Balaban J connectivity index is 2.01. The molecule has 2 unspecified atom stereocenters. The number of phenolic OH excluding ortho intramolecular Hbond substituents is 1. The summed E-state index contributed by atoms with van der Waals surface area (Å²) in [7, 11) is 0. The van der Waals surface area contributed by atoms with Crippen LogP contribution in [0.25, 0.3) is 0 Å². The van der Waals surface area contributed by atoms with Gasteiger partial charge in [-0.25, -0.2) is 0 Å². The molecule has 86 valence electrons. The van der Waals surface area contributed by atoms with Gasteiger partial charge in [0, 0.05) is 24.2 Å². The molecule has 16 heavy (non-hydrogen) atoms. The highest BCUT2D eigenvalue weighted by atomic mass is 16.3. The Morgan fingerprint density at radius 1 is 1.50 bits per heavy atom. The van der Waals surface area contributed by atoms with Gasteiger partial charge in [0.25, 0.3) is 0 Å². The highest BCUT2D eigenvalue weighted by Gasteiger charge is 2.22. The van der Waals surface area contributed by atoms with Crippen LogP contribution in [0, 0.1) is 0 Å². The van der Waals surface area contributed by atoms with E-state index in [1.54, 1.807) is 18.2 Å². The van der Waals surface area contributed by atoms with Crippen molar-refractivity contribution in [3.8, 4) is 5.75 Å². The van der Waals surface area contributed by atoms with Crippen molar-refractivity contribution in [2.24, 2.45) is 0 Å². The van der Waals surface area contributed by atoms with Crippen LogP contribution in [0.5, 0.6) is 5.75 Å². The standard InChI is InChI=1S/C11H15N3O2/c1-7-5-10(16)14-11(12-7)13-8-3-2-4-9(15)6-8/h2-4,6-7,11-13,15H,5H2,1H3,(H,14,16). The first kappa shape index (κ1) is 10.8. The van der Waals surface area contributed by atoms with Gasteiger partial charge in [0.05, 0.1) is 0 Å². The highest BCUT2D eigenvalue weighted by Crippen LogP contribution is 2.16. The fraction of sp³-hybridized carbons (Fsp3) is 0.364. The number of phenols is 1. The SMILES string of the molecule is CC1CC(=O)NC(Nc2cccc(O)c2)N1. The average molecular weight is 221 g/mol. The molecule has 1 aromatic rings. The van der Waals surface area contributed by atoms with Crippen LogP contribution in [0.4, 0.5) is 5.69 Å². The zero-order valence-corrected chi connectivity index (χ0v) is 9.03. The van der Waals surface area contributed by atoms with Crippen LogP contribution in [0.1, 0.15) is 13.3 Å². The summed E-state index contributed by atoms with van der Waals surface area (Å²) >= 11 is 0. The van der Waals surface area contributed by atoms with E-state index in [1.165, 1.54) is 0 Å². The fourth-order valence-corrected chi connectivity index (χ4v) is 1.72. The number of hydrogen-bond donors (Lipinski definition) is 4. The number of carbonyl (C=O) groups is 1. The molecule has 0 saturated carbocycles. The zero-order chi connectivity index (χ0) is 11.5. The molecule has 1 aliphatic heterocycles. The summed E-state index contributed by atoms with van der Waals surface area (Å²) in [5.74, 6) is 0.212. The number of benzene rings is 1. The first-order chi connectivity index (χ1) is 7.63. The van der Waals surface area contributed by atoms with Crippen molar-refractivity contribution in [2.45, 2.75) is 25.7 Å². The molecule has 1 amide bonds. The van der Waals surface area contributed by atoms with Gasteiger partial charge < -0.3 is 15.7 Å². The van der Waals surface area contributed by atoms with E-state index >= 15 is 0 Å². The minimum atomic E-state index is -0.293. The van der Waals surface area contributed by atoms with Gasteiger partial charge in [0.1, 0.15) is 5.75 Å². The monoisotopic (exact) mass is 221 g/mol. The van der Waals surface area contributed by atoms with Crippen LogP contribution in [0.15, 0.2) is 24.3 Å². The molecule has 1 heterocycles. The predicted molar refractivity (Wildman–Crippen MR) is 60.9 cm³/mol. The molecule has 5 heteroatoms. The quantitative estimate of drug-likeness (QED) is 0.589. The molecule has 1 saturated heterocycles. The van der Waals surface area contributed by atoms with Crippen molar-refractivity contribution in [3.63, 3.8) is 0 Å².